The molecule has 2 heterocycles. The third-order valence-electron chi connectivity index (χ3n) is 4.89. The number of halogens is 3. The second-order valence-corrected chi connectivity index (χ2v) is 6.61. The first-order chi connectivity index (χ1) is 13.9. The third kappa shape index (κ3) is 3.55. The van der Waals surface area contributed by atoms with E-state index in [0.717, 1.165) is 6.07 Å². The van der Waals surface area contributed by atoms with Crippen molar-refractivity contribution in [1.29, 1.82) is 0 Å². The van der Waals surface area contributed by atoms with Crippen LogP contribution in [0.3, 0.4) is 0 Å². The molecule has 0 atom stereocenters. The topological polar surface area (TPSA) is 51.9 Å². The lowest BCUT2D eigenvalue weighted by Gasteiger charge is -2.33. The Hall–Kier alpha value is -3.00. The third-order valence-corrected chi connectivity index (χ3v) is 4.89. The molecule has 0 N–H and O–H groups in total. The van der Waals surface area contributed by atoms with Gasteiger partial charge in [-0.25, -0.2) is 0 Å². The molecule has 5 nitrogen and oxygen atoms in total. The number of morpholine rings is 1. The molecule has 152 valence electrons. The highest BCUT2D eigenvalue weighted by molar-refractivity contribution is 5.96. The first kappa shape index (κ1) is 19.3. The maximum absolute atomic E-state index is 13.8. The summed E-state index contributed by atoms with van der Waals surface area (Å²) in [6.07, 6.45) is -4.53. The van der Waals surface area contributed by atoms with Gasteiger partial charge in [-0.05, 0) is 12.1 Å². The van der Waals surface area contributed by atoms with E-state index in [-0.39, 0.29) is 28.0 Å². The number of rotatable bonds is 3. The van der Waals surface area contributed by atoms with E-state index in [2.05, 4.69) is 0 Å². The van der Waals surface area contributed by atoms with E-state index >= 15 is 0 Å². The molecule has 0 spiro atoms. The molecule has 29 heavy (non-hydrogen) atoms. The highest BCUT2D eigenvalue weighted by Crippen LogP contribution is 2.44. The van der Waals surface area contributed by atoms with Crippen molar-refractivity contribution in [3.8, 4) is 17.1 Å². The summed E-state index contributed by atoms with van der Waals surface area (Å²) < 4.78 is 57.6. The van der Waals surface area contributed by atoms with Crippen LogP contribution in [0.4, 0.5) is 18.9 Å². The van der Waals surface area contributed by atoms with Gasteiger partial charge in [-0.15, -0.1) is 0 Å². The van der Waals surface area contributed by atoms with E-state index in [0.29, 0.717) is 37.4 Å². The fraction of sp³-hybridized carbons (Fsp3) is 0.286. The quantitative estimate of drug-likeness (QED) is 0.650. The van der Waals surface area contributed by atoms with Gasteiger partial charge in [0, 0.05) is 24.2 Å². The Morgan fingerprint density at radius 3 is 2.41 bits per heavy atom. The van der Waals surface area contributed by atoms with E-state index in [1.807, 2.05) is 0 Å². The normalized spacial score (nSPS) is 15.0. The van der Waals surface area contributed by atoms with Crippen LogP contribution < -0.4 is 15.1 Å². The summed E-state index contributed by atoms with van der Waals surface area (Å²) in [5, 5.41) is 0.272. The van der Waals surface area contributed by atoms with E-state index in [1.165, 1.54) is 19.2 Å². The SMILES string of the molecule is COc1cc(=O)c2cccc(-c3cccc(C(F)(F)F)c3N3CCOCC3)c2o1. The van der Waals surface area contributed by atoms with Gasteiger partial charge in [-0.3, -0.25) is 4.79 Å². The number of anilines is 1. The van der Waals surface area contributed by atoms with Crippen LogP contribution in [0.5, 0.6) is 5.95 Å². The molecular weight excluding hydrogens is 387 g/mol. The van der Waals surface area contributed by atoms with Gasteiger partial charge in [0.05, 0.1) is 43.0 Å². The van der Waals surface area contributed by atoms with E-state index in [4.69, 9.17) is 13.9 Å². The Kier molecular flexibility index (Phi) is 4.96. The number of benzene rings is 2. The van der Waals surface area contributed by atoms with Gasteiger partial charge in [-0.2, -0.15) is 13.2 Å². The summed E-state index contributed by atoms with van der Waals surface area (Å²) in [6.45, 7) is 1.34. The van der Waals surface area contributed by atoms with Gasteiger partial charge in [-0.1, -0.05) is 24.3 Å². The fourth-order valence-corrected chi connectivity index (χ4v) is 3.59. The lowest BCUT2D eigenvalue weighted by Crippen LogP contribution is -2.37. The van der Waals surface area contributed by atoms with Gasteiger partial charge in [0.25, 0.3) is 5.95 Å². The first-order valence-electron chi connectivity index (χ1n) is 9.04. The van der Waals surface area contributed by atoms with Crippen LogP contribution in [0.1, 0.15) is 5.56 Å². The minimum atomic E-state index is -4.53. The summed E-state index contributed by atoms with van der Waals surface area (Å²) in [6, 6.07) is 10.1. The summed E-state index contributed by atoms with van der Waals surface area (Å²) >= 11 is 0. The Labute approximate surface area is 164 Å². The van der Waals surface area contributed by atoms with E-state index < -0.39 is 11.7 Å². The molecule has 0 saturated carbocycles. The molecule has 0 unspecified atom stereocenters. The van der Waals surface area contributed by atoms with Crippen LogP contribution in [0.15, 0.2) is 51.7 Å². The summed E-state index contributed by atoms with van der Waals surface area (Å²) in [5.41, 5.74) is -0.0919. The predicted molar refractivity (Wildman–Crippen MR) is 103 cm³/mol. The highest BCUT2D eigenvalue weighted by Gasteiger charge is 2.37. The average Bonchev–Trinajstić information content (AvgIpc) is 2.72. The van der Waals surface area contributed by atoms with Gasteiger partial charge in [0.2, 0.25) is 0 Å². The number of hydrogen-bond donors (Lipinski definition) is 0. The summed E-state index contributed by atoms with van der Waals surface area (Å²) in [4.78, 5) is 14.1. The predicted octanol–water partition coefficient (Wildman–Crippen LogP) is 4.32. The van der Waals surface area contributed by atoms with Crippen LogP contribution in [0.2, 0.25) is 0 Å². The smallest absolute Gasteiger partial charge is 0.418 e. The Morgan fingerprint density at radius 1 is 1.03 bits per heavy atom. The van der Waals surface area contributed by atoms with Crippen molar-refractivity contribution >= 4 is 16.7 Å². The monoisotopic (exact) mass is 405 g/mol. The van der Waals surface area contributed by atoms with Crippen molar-refractivity contribution in [2.45, 2.75) is 6.18 Å². The lowest BCUT2D eigenvalue weighted by molar-refractivity contribution is -0.137. The number of methoxy groups -OCH3 is 1. The van der Waals surface area contributed by atoms with Crippen LogP contribution >= 0.6 is 0 Å². The molecule has 1 saturated heterocycles. The Balaban J connectivity index is 2.03. The average molecular weight is 405 g/mol. The molecule has 1 aliphatic heterocycles. The number of alkyl halides is 3. The van der Waals surface area contributed by atoms with Crippen LogP contribution in [-0.2, 0) is 10.9 Å². The number of fused-ring (bicyclic) bond motifs is 1. The van der Waals surface area contributed by atoms with Crippen LogP contribution in [0, 0.1) is 0 Å². The van der Waals surface area contributed by atoms with Crippen molar-refractivity contribution in [1.82, 2.24) is 0 Å². The maximum Gasteiger partial charge on any atom is 0.418 e. The van der Waals surface area contributed by atoms with Gasteiger partial charge in [0.15, 0.2) is 5.43 Å². The minimum absolute atomic E-state index is 0.00477. The maximum atomic E-state index is 13.8. The summed E-state index contributed by atoms with van der Waals surface area (Å²) in [7, 11) is 1.36. The van der Waals surface area contributed by atoms with Crippen molar-refractivity contribution in [2.24, 2.45) is 0 Å². The first-order valence-corrected chi connectivity index (χ1v) is 9.04. The number of hydrogen-bond acceptors (Lipinski definition) is 5. The molecule has 1 fully saturated rings. The van der Waals surface area contributed by atoms with Crippen LogP contribution in [-0.4, -0.2) is 33.4 Å². The zero-order valence-corrected chi connectivity index (χ0v) is 15.6. The zero-order valence-electron chi connectivity index (χ0n) is 15.6. The second kappa shape index (κ2) is 7.44. The molecule has 1 aromatic heterocycles. The lowest BCUT2D eigenvalue weighted by atomic mass is 9.96. The molecular formula is C21H18F3NO4. The molecule has 0 radical (unpaired) electrons. The van der Waals surface area contributed by atoms with Crippen molar-refractivity contribution in [3.63, 3.8) is 0 Å². The van der Waals surface area contributed by atoms with Crippen molar-refractivity contribution in [3.05, 3.63) is 58.3 Å². The van der Waals surface area contributed by atoms with Crippen molar-refractivity contribution in [2.75, 3.05) is 38.3 Å². The standard InChI is InChI=1S/C21H18F3NO4/c1-27-18-12-17(26)15-6-2-5-14(20(15)29-18)13-4-3-7-16(21(22,23)24)19(13)25-8-10-28-11-9-25/h2-7,12H,8-11H2,1H3. The highest BCUT2D eigenvalue weighted by atomic mass is 19.4. The molecule has 3 aromatic rings. The van der Waals surface area contributed by atoms with Gasteiger partial charge >= 0.3 is 6.18 Å². The molecule has 8 heteroatoms. The molecule has 4 rings (SSSR count). The molecule has 0 amide bonds. The number of nitrogens with zero attached hydrogens (tertiary/aromatic N) is 1. The fourth-order valence-electron chi connectivity index (χ4n) is 3.59. The Bertz CT molecular complexity index is 1100. The van der Waals surface area contributed by atoms with Crippen LogP contribution in [0.25, 0.3) is 22.1 Å². The summed E-state index contributed by atoms with van der Waals surface area (Å²) in [5.74, 6) is -0.00477. The number of para-hydroxylation sites is 2. The van der Waals surface area contributed by atoms with Crippen molar-refractivity contribution < 1.29 is 27.1 Å². The molecule has 0 bridgehead atoms. The Morgan fingerprint density at radius 2 is 1.72 bits per heavy atom. The number of ether oxygens (including phenoxy) is 2. The largest absolute Gasteiger partial charge is 0.468 e. The molecule has 0 aliphatic carbocycles. The molecule has 1 aliphatic rings. The minimum Gasteiger partial charge on any atom is -0.468 e. The van der Waals surface area contributed by atoms with E-state index in [1.54, 1.807) is 29.2 Å². The zero-order chi connectivity index (χ0) is 20.6. The van der Waals surface area contributed by atoms with Gasteiger partial charge < -0.3 is 18.8 Å². The molecule has 2 aromatic carbocycles. The van der Waals surface area contributed by atoms with E-state index in [9.17, 15) is 18.0 Å². The second-order valence-electron chi connectivity index (χ2n) is 6.61. The van der Waals surface area contributed by atoms with Gasteiger partial charge in [0.1, 0.15) is 5.58 Å².